The summed E-state index contributed by atoms with van der Waals surface area (Å²) in [5.74, 6) is -0.863. The van der Waals surface area contributed by atoms with Gasteiger partial charge in [0.05, 0.1) is 29.1 Å². The van der Waals surface area contributed by atoms with Crippen LogP contribution in [0, 0.1) is 10.1 Å². The third-order valence-corrected chi connectivity index (χ3v) is 5.98. The summed E-state index contributed by atoms with van der Waals surface area (Å²) in [5, 5.41) is 16.1. The van der Waals surface area contributed by atoms with Crippen LogP contribution in [0.2, 0.25) is 0 Å². The molecule has 0 saturated heterocycles. The van der Waals surface area contributed by atoms with Gasteiger partial charge in [-0.1, -0.05) is 103 Å². The lowest BCUT2D eigenvalue weighted by atomic mass is 10.0. The average molecular weight is 567 g/mol. The lowest BCUT2D eigenvalue weighted by Gasteiger charge is -2.23. The molecule has 8 heteroatoms. The first-order valence-electron chi connectivity index (χ1n) is 13.8. The molecule has 0 bridgehead atoms. The standard InChI is InChI=1S/C30H30N4O4.C4H8/c1-30(2,3)38-29(35)26(31-27(23-15-9-5-10-16-23)24-17-11-6-12-18-24)19-25-21-33(32-28(25)34(36)37)20-22-13-7-4-8-14-22;1-3-4-2/h4-18,21,26H,19-20H2,1-3H3;3-4H,1-2H3/b;4-3-. The van der Waals surface area contributed by atoms with Crippen LogP contribution >= 0.6 is 0 Å². The van der Waals surface area contributed by atoms with Crippen LogP contribution in [0.15, 0.2) is 114 Å². The smallest absolute Gasteiger partial charge is 0.393 e. The lowest BCUT2D eigenvalue weighted by Crippen LogP contribution is -2.33. The van der Waals surface area contributed by atoms with Gasteiger partial charge < -0.3 is 14.9 Å². The van der Waals surface area contributed by atoms with E-state index in [2.05, 4.69) is 5.10 Å². The van der Waals surface area contributed by atoms with Gasteiger partial charge in [0.2, 0.25) is 0 Å². The fourth-order valence-corrected chi connectivity index (χ4v) is 4.03. The molecule has 0 aliphatic carbocycles. The number of rotatable bonds is 9. The number of nitrogens with zero attached hydrogens (tertiary/aromatic N) is 4. The molecule has 8 nitrogen and oxygen atoms in total. The molecule has 0 amide bonds. The van der Waals surface area contributed by atoms with Gasteiger partial charge in [-0.05, 0) is 45.1 Å². The van der Waals surface area contributed by atoms with E-state index in [9.17, 15) is 14.9 Å². The zero-order valence-corrected chi connectivity index (χ0v) is 24.8. The molecule has 0 fully saturated rings. The van der Waals surface area contributed by atoms with E-state index < -0.39 is 22.5 Å². The molecule has 1 atom stereocenters. The summed E-state index contributed by atoms with van der Waals surface area (Å²) in [5.41, 5.74) is 2.75. The number of benzene rings is 3. The number of nitro groups is 1. The Labute approximate surface area is 247 Å². The fourth-order valence-electron chi connectivity index (χ4n) is 4.03. The van der Waals surface area contributed by atoms with Gasteiger partial charge in [-0.3, -0.25) is 4.99 Å². The van der Waals surface area contributed by atoms with Crippen LogP contribution in [0.1, 0.15) is 56.9 Å². The minimum atomic E-state index is -1.03. The van der Waals surface area contributed by atoms with E-state index in [1.165, 1.54) is 4.68 Å². The van der Waals surface area contributed by atoms with Gasteiger partial charge in [0, 0.05) is 17.5 Å². The summed E-state index contributed by atoms with van der Waals surface area (Å²) in [7, 11) is 0. The van der Waals surface area contributed by atoms with Crippen molar-refractivity contribution < 1.29 is 14.5 Å². The number of aliphatic imine (C=N–C) groups is 1. The van der Waals surface area contributed by atoms with Crippen molar-refractivity contribution >= 4 is 17.5 Å². The number of hydrogen-bond acceptors (Lipinski definition) is 6. The molecule has 42 heavy (non-hydrogen) atoms. The van der Waals surface area contributed by atoms with Gasteiger partial charge in [-0.15, -0.1) is 0 Å². The van der Waals surface area contributed by atoms with Crippen molar-refractivity contribution in [2.75, 3.05) is 0 Å². The van der Waals surface area contributed by atoms with Crippen LogP contribution in [0.4, 0.5) is 5.82 Å². The number of carbonyl (C=O) groups excluding carboxylic acids is 1. The van der Waals surface area contributed by atoms with E-state index in [-0.39, 0.29) is 12.2 Å². The quantitative estimate of drug-likeness (QED) is 0.0701. The van der Waals surface area contributed by atoms with Gasteiger partial charge in [-0.2, -0.15) is 4.68 Å². The van der Waals surface area contributed by atoms with Gasteiger partial charge in [-0.25, -0.2) is 4.79 Å². The number of ether oxygens (including phenoxy) is 1. The third-order valence-electron chi connectivity index (χ3n) is 5.98. The highest BCUT2D eigenvalue weighted by Gasteiger charge is 2.31. The van der Waals surface area contributed by atoms with Gasteiger partial charge in [0.15, 0.2) is 6.04 Å². The molecule has 1 unspecified atom stereocenters. The van der Waals surface area contributed by atoms with E-state index in [4.69, 9.17) is 9.73 Å². The van der Waals surface area contributed by atoms with Crippen LogP contribution in [0.3, 0.4) is 0 Å². The third kappa shape index (κ3) is 9.66. The number of allylic oxidation sites excluding steroid dienone is 2. The van der Waals surface area contributed by atoms with E-state index in [0.29, 0.717) is 17.8 Å². The number of hydrogen-bond donors (Lipinski definition) is 0. The van der Waals surface area contributed by atoms with Crippen molar-refractivity contribution in [2.45, 2.75) is 59.2 Å². The normalized spacial score (nSPS) is 11.7. The van der Waals surface area contributed by atoms with E-state index in [1.807, 2.05) is 117 Å². The maximum atomic E-state index is 13.4. The highest BCUT2D eigenvalue weighted by atomic mass is 16.6. The second-order valence-corrected chi connectivity index (χ2v) is 10.5. The predicted molar refractivity (Wildman–Crippen MR) is 167 cm³/mol. The summed E-state index contributed by atoms with van der Waals surface area (Å²) >= 11 is 0. The van der Waals surface area contributed by atoms with Crippen molar-refractivity contribution in [1.82, 2.24) is 9.78 Å². The highest BCUT2D eigenvalue weighted by Crippen LogP contribution is 2.23. The Kier molecular flexibility index (Phi) is 11.5. The molecule has 4 aromatic rings. The first-order chi connectivity index (χ1) is 20.1. The monoisotopic (exact) mass is 566 g/mol. The van der Waals surface area contributed by atoms with Crippen LogP contribution in [-0.2, 0) is 22.5 Å². The zero-order chi connectivity index (χ0) is 30.5. The maximum Gasteiger partial charge on any atom is 0.393 e. The number of esters is 1. The molecule has 218 valence electrons. The molecule has 0 radical (unpaired) electrons. The Hall–Kier alpha value is -4.85. The second kappa shape index (κ2) is 15.2. The van der Waals surface area contributed by atoms with E-state index >= 15 is 0 Å². The number of carbonyl (C=O) groups is 1. The molecule has 0 N–H and O–H groups in total. The summed E-state index contributed by atoms with van der Waals surface area (Å²) in [6, 6.07) is 27.6. The highest BCUT2D eigenvalue weighted by molar-refractivity contribution is 6.13. The molecule has 1 aromatic heterocycles. The fraction of sp³-hybridized carbons (Fsp3) is 0.265. The van der Waals surface area contributed by atoms with Crippen molar-refractivity contribution in [3.8, 4) is 0 Å². The van der Waals surface area contributed by atoms with Crippen molar-refractivity contribution in [3.63, 3.8) is 0 Å². The van der Waals surface area contributed by atoms with Gasteiger partial charge in [0.25, 0.3) is 0 Å². The minimum absolute atomic E-state index is 0.0385. The van der Waals surface area contributed by atoms with Crippen LogP contribution in [-0.4, -0.2) is 38.0 Å². The van der Waals surface area contributed by atoms with Gasteiger partial charge >= 0.3 is 11.8 Å². The summed E-state index contributed by atoms with van der Waals surface area (Å²) in [6.45, 7) is 9.70. The molecule has 3 aromatic carbocycles. The molecular formula is C34H38N4O4. The molecule has 0 aliphatic rings. The summed E-state index contributed by atoms with van der Waals surface area (Å²) < 4.78 is 7.23. The Morgan fingerprint density at radius 1 is 0.929 bits per heavy atom. The summed E-state index contributed by atoms with van der Waals surface area (Å²) in [6.07, 6.45) is 5.58. The Bertz CT molecular complexity index is 1440. The van der Waals surface area contributed by atoms with Crippen LogP contribution in [0.25, 0.3) is 0 Å². The lowest BCUT2D eigenvalue weighted by molar-refractivity contribution is -0.390. The topological polar surface area (TPSA) is 99.6 Å². The van der Waals surface area contributed by atoms with Gasteiger partial charge in [0.1, 0.15) is 5.60 Å². The van der Waals surface area contributed by atoms with Crippen LogP contribution in [0.5, 0.6) is 0 Å². The molecule has 0 aliphatic heterocycles. The Morgan fingerprint density at radius 2 is 1.43 bits per heavy atom. The SMILES string of the molecule is C/C=C\C.CC(C)(C)OC(=O)C(Cc1cn(Cc2ccccc2)nc1[N+](=O)[O-])N=C(c1ccccc1)c1ccccc1. The predicted octanol–water partition coefficient (Wildman–Crippen LogP) is 7.21. The van der Waals surface area contributed by atoms with Crippen molar-refractivity contribution in [2.24, 2.45) is 4.99 Å². The first kappa shape index (κ1) is 31.7. The van der Waals surface area contributed by atoms with Crippen LogP contribution < -0.4 is 0 Å². The first-order valence-corrected chi connectivity index (χ1v) is 13.8. The molecule has 0 spiro atoms. The molecular weight excluding hydrogens is 528 g/mol. The average Bonchev–Trinajstić information content (AvgIpc) is 3.38. The number of aromatic nitrogens is 2. The Morgan fingerprint density at radius 3 is 1.88 bits per heavy atom. The minimum Gasteiger partial charge on any atom is -0.458 e. The molecule has 0 saturated carbocycles. The molecule has 4 rings (SSSR count). The maximum absolute atomic E-state index is 13.4. The van der Waals surface area contributed by atoms with Crippen molar-refractivity contribution in [1.29, 1.82) is 0 Å². The summed E-state index contributed by atoms with van der Waals surface area (Å²) in [4.78, 5) is 29.7. The molecule has 1 heterocycles. The van der Waals surface area contributed by atoms with E-state index in [0.717, 1.165) is 16.7 Å². The zero-order valence-electron chi connectivity index (χ0n) is 24.8. The second-order valence-electron chi connectivity index (χ2n) is 10.5. The Balaban J connectivity index is 0.00000114. The van der Waals surface area contributed by atoms with Crippen molar-refractivity contribution in [3.05, 3.63) is 142 Å². The largest absolute Gasteiger partial charge is 0.458 e. The van der Waals surface area contributed by atoms with E-state index in [1.54, 1.807) is 27.0 Å².